The number of thioether (sulfide) groups is 1. The van der Waals surface area contributed by atoms with E-state index >= 15 is 0 Å². The van der Waals surface area contributed by atoms with Crippen molar-refractivity contribution in [1.82, 2.24) is 19.7 Å². The summed E-state index contributed by atoms with van der Waals surface area (Å²) in [6.45, 7) is 1.86. The molecule has 1 fully saturated rings. The Balaban J connectivity index is 1.29. The number of nitrogens with one attached hydrogen (secondary N) is 2. The van der Waals surface area contributed by atoms with E-state index < -0.39 is 0 Å². The zero-order valence-electron chi connectivity index (χ0n) is 17.9. The molecule has 0 radical (unpaired) electrons. The summed E-state index contributed by atoms with van der Waals surface area (Å²) in [4.78, 5) is 28.1. The highest BCUT2D eigenvalue weighted by molar-refractivity contribution is 8.00. The number of H-pyrrole nitrogens is 1. The van der Waals surface area contributed by atoms with Crippen molar-refractivity contribution in [2.75, 3.05) is 11.9 Å². The van der Waals surface area contributed by atoms with E-state index in [0.717, 1.165) is 40.3 Å². The lowest BCUT2D eigenvalue weighted by atomic mass is 10.1. The molecule has 166 valence electrons. The van der Waals surface area contributed by atoms with Crippen molar-refractivity contribution < 1.29 is 14.3 Å². The first kappa shape index (κ1) is 20.0. The van der Waals surface area contributed by atoms with E-state index in [-0.39, 0.29) is 23.5 Å². The molecule has 2 aromatic heterocycles. The van der Waals surface area contributed by atoms with Gasteiger partial charge in [-0.2, -0.15) is 0 Å². The van der Waals surface area contributed by atoms with Gasteiger partial charge in [-0.15, -0.1) is 10.2 Å². The predicted molar refractivity (Wildman–Crippen MR) is 126 cm³/mol. The van der Waals surface area contributed by atoms with Crippen molar-refractivity contribution in [3.8, 4) is 17.1 Å². The highest BCUT2D eigenvalue weighted by Gasteiger charge is 2.32. The highest BCUT2D eigenvalue weighted by Crippen LogP contribution is 2.43. The molecule has 0 spiro atoms. The Kier molecular flexibility index (Phi) is 4.72. The molecule has 0 saturated heterocycles. The van der Waals surface area contributed by atoms with Crippen molar-refractivity contribution in [3.63, 3.8) is 0 Å². The summed E-state index contributed by atoms with van der Waals surface area (Å²) < 4.78 is 7.56. The minimum atomic E-state index is -0.374. The molecule has 1 unspecified atom stereocenters. The number of aromatic amines is 1. The Hall–Kier alpha value is -3.59. The number of fused-ring (bicyclic) bond motifs is 2. The summed E-state index contributed by atoms with van der Waals surface area (Å²) in [5.74, 6) is 1.13. The minimum absolute atomic E-state index is 0.0118. The number of amides is 1. The summed E-state index contributed by atoms with van der Waals surface area (Å²) >= 11 is 1.41. The van der Waals surface area contributed by atoms with E-state index in [9.17, 15) is 9.59 Å². The molecule has 8 nitrogen and oxygen atoms in total. The van der Waals surface area contributed by atoms with E-state index in [2.05, 4.69) is 31.1 Å². The van der Waals surface area contributed by atoms with Gasteiger partial charge in [-0.25, -0.2) is 0 Å². The molecule has 33 heavy (non-hydrogen) atoms. The van der Waals surface area contributed by atoms with Crippen molar-refractivity contribution >= 4 is 40.0 Å². The normalized spacial score (nSPS) is 16.2. The molecule has 2 aliphatic rings. The summed E-state index contributed by atoms with van der Waals surface area (Å²) in [7, 11) is 0. The number of ketones is 1. The second-order valence-electron chi connectivity index (χ2n) is 8.33. The summed E-state index contributed by atoms with van der Waals surface area (Å²) in [5, 5.41) is 13.2. The van der Waals surface area contributed by atoms with Gasteiger partial charge in [0.15, 0.2) is 23.4 Å². The zero-order valence-corrected chi connectivity index (χ0v) is 18.7. The van der Waals surface area contributed by atoms with Crippen LogP contribution in [0.3, 0.4) is 0 Å². The fourth-order valence-electron chi connectivity index (χ4n) is 4.14. The average Bonchev–Trinajstić information content (AvgIpc) is 3.45. The second kappa shape index (κ2) is 7.77. The molecule has 1 amide bonds. The Morgan fingerprint density at radius 1 is 1.21 bits per heavy atom. The van der Waals surface area contributed by atoms with Gasteiger partial charge < -0.3 is 15.0 Å². The molecule has 2 aromatic carbocycles. The third kappa shape index (κ3) is 3.58. The molecular weight excluding hydrogens is 438 g/mol. The summed E-state index contributed by atoms with van der Waals surface area (Å²) in [5.41, 5.74) is 3.12. The van der Waals surface area contributed by atoms with Gasteiger partial charge in [-0.05, 0) is 44.0 Å². The van der Waals surface area contributed by atoms with E-state index in [1.165, 1.54) is 11.8 Å². The van der Waals surface area contributed by atoms with E-state index in [4.69, 9.17) is 4.74 Å². The molecule has 2 N–H and O–H groups in total. The smallest absolute Gasteiger partial charge is 0.262 e. The summed E-state index contributed by atoms with van der Waals surface area (Å²) in [6.07, 6.45) is 4.13. The van der Waals surface area contributed by atoms with Crippen LogP contribution in [0.4, 0.5) is 5.69 Å². The number of aromatic nitrogens is 4. The van der Waals surface area contributed by atoms with E-state index in [0.29, 0.717) is 23.0 Å². The van der Waals surface area contributed by atoms with Gasteiger partial charge >= 0.3 is 0 Å². The largest absolute Gasteiger partial charge is 0.482 e. The lowest BCUT2D eigenvalue weighted by Crippen LogP contribution is -2.25. The summed E-state index contributed by atoms with van der Waals surface area (Å²) in [6, 6.07) is 13.6. The molecule has 1 aliphatic carbocycles. The number of rotatable bonds is 6. The van der Waals surface area contributed by atoms with E-state index in [1.807, 2.05) is 31.3 Å². The Bertz CT molecular complexity index is 1400. The number of hydrogen-bond donors (Lipinski definition) is 2. The number of nitrogens with zero attached hydrogens (tertiary/aromatic N) is 3. The fraction of sp³-hybridized carbons (Fsp3) is 0.250. The topological polar surface area (TPSA) is 102 Å². The number of ether oxygens (including phenoxy) is 1. The van der Waals surface area contributed by atoms with Crippen molar-refractivity contribution in [2.45, 2.75) is 36.2 Å². The zero-order chi connectivity index (χ0) is 22.5. The van der Waals surface area contributed by atoms with E-state index in [1.54, 1.807) is 18.2 Å². The lowest BCUT2D eigenvalue weighted by molar-refractivity contribution is -0.118. The third-order valence-electron chi connectivity index (χ3n) is 5.96. The van der Waals surface area contributed by atoms with Gasteiger partial charge in [0, 0.05) is 34.3 Å². The van der Waals surface area contributed by atoms with Gasteiger partial charge in [0.2, 0.25) is 0 Å². The maximum Gasteiger partial charge on any atom is 0.262 e. The number of carbonyl (C=O) groups excluding carboxylic acids is 2. The van der Waals surface area contributed by atoms with Crippen LogP contribution in [0, 0.1) is 0 Å². The second-order valence-corrected chi connectivity index (χ2v) is 9.64. The van der Waals surface area contributed by atoms with Crippen LogP contribution < -0.4 is 10.1 Å². The van der Waals surface area contributed by atoms with Crippen molar-refractivity contribution in [1.29, 1.82) is 0 Å². The van der Waals surface area contributed by atoms with Crippen molar-refractivity contribution in [3.05, 3.63) is 54.2 Å². The van der Waals surface area contributed by atoms with Crippen molar-refractivity contribution in [2.24, 2.45) is 0 Å². The number of hydrogen-bond acceptors (Lipinski definition) is 6. The Morgan fingerprint density at radius 2 is 2.06 bits per heavy atom. The lowest BCUT2D eigenvalue weighted by Gasteiger charge is -2.19. The molecular formula is C24H21N5O3S. The number of Topliss-reactive ketones (excluding diaryl/α,β-unsaturated/α-hetero) is 1. The van der Waals surface area contributed by atoms with Crippen LogP contribution in [0.2, 0.25) is 0 Å². The Morgan fingerprint density at radius 3 is 2.91 bits per heavy atom. The Labute approximate surface area is 193 Å². The molecule has 3 heterocycles. The molecule has 4 aromatic rings. The molecule has 9 heteroatoms. The fourth-order valence-corrected chi connectivity index (χ4v) is 5.14. The van der Waals surface area contributed by atoms with Crippen LogP contribution >= 0.6 is 11.8 Å². The molecule has 1 aliphatic heterocycles. The first-order chi connectivity index (χ1) is 16.1. The molecule has 1 atom stereocenters. The van der Waals surface area contributed by atoms with Crippen LogP contribution in [-0.4, -0.2) is 43.3 Å². The molecule has 6 rings (SSSR count). The van der Waals surface area contributed by atoms with Crippen LogP contribution in [0.25, 0.3) is 22.3 Å². The van der Waals surface area contributed by atoms with Gasteiger partial charge in [0.25, 0.3) is 5.91 Å². The van der Waals surface area contributed by atoms with Crippen LogP contribution in [0.15, 0.2) is 53.8 Å². The minimum Gasteiger partial charge on any atom is -0.482 e. The predicted octanol–water partition coefficient (Wildman–Crippen LogP) is 4.46. The molecule has 1 saturated carbocycles. The number of benzene rings is 2. The third-order valence-corrected chi connectivity index (χ3v) is 7.01. The highest BCUT2D eigenvalue weighted by atomic mass is 32.2. The van der Waals surface area contributed by atoms with Gasteiger partial charge in [0.1, 0.15) is 5.75 Å². The van der Waals surface area contributed by atoms with Gasteiger partial charge in [0.05, 0.1) is 10.9 Å². The average molecular weight is 460 g/mol. The standard InChI is InChI=1S/C24H21N5O3S/c1-13(22(31)14-6-9-20-19(10-14)26-21(30)12-32-20)33-24-28-27-23(29(24)15-7-8-15)17-11-25-18-5-3-2-4-16(17)18/h2-6,9-11,13,15,25H,7-8,12H2,1H3,(H,26,30). The quantitative estimate of drug-likeness (QED) is 0.326. The first-order valence-corrected chi connectivity index (χ1v) is 11.8. The van der Waals surface area contributed by atoms with Crippen LogP contribution in [0.1, 0.15) is 36.2 Å². The monoisotopic (exact) mass is 459 g/mol. The number of carbonyl (C=O) groups is 2. The number of anilines is 1. The SMILES string of the molecule is CC(Sc1nnc(-c2c[nH]c3ccccc23)n1C1CC1)C(=O)c1ccc2c(c1)NC(=O)CO2. The first-order valence-electron chi connectivity index (χ1n) is 10.9. The molecule has 0 bridgehead atoms. The van der Waals surface area contributed by atoms with Crippen LogP contribution in [0.5, 0.6) is 5.75 Å². The maximum atomic E-state index is 13.2. The van der Waals surface area contributed by atoms with Gasteiger partial charge in [-0.1, -0.05) is 30.0 Å². The van der Waals surface area contributed by atoms with Crippen LogP contribution in [-0.2, 0) is 4.79 Å². The maximum absolute atomic E-state index is 13.2. The number of para-hydroxylation sites is 1. The van der Waals surface area contributed by atoms with Gasteiger partial charge in [-0.3, -0.25) is 14.2 Å².